The van der Waals surface area contributed by atoms with Gasteiger partial charge in [0.05, 0.1) is 0 Å². The molecule has 0 aromatic heterocycles. The van der Waals surface area contributed by atoms with E-state index in [-0.39, 0.29) is 11.8 Å². The number of aliphatic hydroxyl groups is 1. The summed E-state index contributed by atoms with van der Waals surface area (Å²) in [6, 6.07) is 0. The van der Waals surface area contributed by atoms with Crippen molar-refractivity contribution in [3.63, 3.8) is 0 Å². The van der Waals surface area contributed by atoms with Crippen molar-refractivity contribution in [2.75, 3.05) is 26.2 Å². The summed E-state index contributed by atoms with van der Waals surface area (Å²) in [7, 11) is 0. The van der Waals surface area contributed by atoms with Crippen molar-refractivity contribution in [2.24, 2.45) is 5.92 Å². The maximum atomic E-state index is 11.6. The Morgan fingerprint density at radius 1 is 1.38 bits per heavy atom. The fourth-order valence-corrected chi connectivity index (χ4v) is 1.36. The molecular weight excluding hydrogens is 168 g/mol. The number of nitrogens with one attached hydrogen (secondary N) is 1. The minimum Gasteiger partial charge on any atom is -0.383 e. The predicted octanol–water partition coefficient (Wildman–Crippen LogP) is -0.565. The first-order chi connectivity index (χ1) is 6.13. The minimum absolute atomic E-state index is 0.00221. The Morgan fingerprint density at radius 2 is 1.92 bits per heavy atom. The molecule has 0 aromatic rings. The molecule has 0 aromatic carbocycles. The van der Waals surface area contributed by atoms with Gasteiger partial charge in [0.15, 0.2) is 0 Å². The van der Waals surface area contributed by atoms with E-state index in [1.54, 1.807) is 4.90 Å². The number of nitrogens with zero attached hydrogens (tertiary/aromatic N) is 1. The molecule has 1 rings (SSSR count). The van der Waals surface area contributed by atoms with E-state index >= 15 is 0 Å². The molecule has 1 saturated heterocycles. The van der Waals surface area contributed by atoms with E-state index < -0.39 is 6.10 Å². The number of piperazine rings is 1. The second kappa shape index (κ2) is 4.58. The van der Waals surface area contributed by atoms with Crippen molar-refractivity contribution in [3.8, 4) is 0 Å². The number of carbonyl (C=O) groups excluding carboxylic acids is 1. The van der Waals surface area contributed by atoms with Crippen LogP contribution in [0.1, 0.15) is 13.8 Å². The summed E-state index contributed by atoms with van der Waals surface area (Å²) in [5.41, 5.74) is 0. The summed E-state index contributed by atoms with van der Waals surface area (Å²) in [5.74, 6) is -0.126. The van der Waals surface area contributed by atoms with Gasteiger partial charge in [0, 0.05) is 26.2 Å². The molecule has 1 fully saturated rings. The number of aliphatic hydroxyl groups excluding tert-OH is 1. The van der Waals surface area contributed by atoms with Crippen LogP contribution in [-0.4, -0.2) is 48.2 Å². The predicted molar refractivity (Wildman–Crippen MR) is 50.3 cm³/mol. The summed E-state index contributed by atoms with van der Waals surface area (Å²) in [6.07, 6.45) is -0.835. The van der Waals surface area contributed by atoms with Gasteiger partial charge < -0.3 is 15.3 Å². The van der Waals surface area contributed by atoms with Crippen LogP contribution in [0.4, 0.5) is 0 Å². The van der Waals surface area contributed by atoms with Gasteiger partial charge in [-0.1, -0.05) is 13.8 Å². The Balaban J connectivity index is 2.45. The van der Waals surface area contributed by atoms with Gasteiger partial charge in [-0.15, -0.1) is 0 Å². The first-order valence-corrected chi connectivity index (χ1v) is 4.80. The van der Waals surface area contributed by atoms with E-state index in [9.17, 15) is 9.90 Å². The maximum absolute atomic E-state index is 11.6. The molecule has 1 aliphatic rings. The maximum Gasteiger partial charge on any atom is 0.251 e. The smallest absolute Gasteiger partial charge is 0.251 e. The van der Waals surface area contributed by atoms with Crippen molar-refractivity contribution < 1.29 is 9.90 Å². The lowest BCUT2D eigenvalue weighted by molar-refractivity contribution is -0.142. The number of hydrogen-bond donors (Lipinski definition) is 2. The standard InChI is InChI=1S/C9H18N2O2/c1-7(2)8(12)9(13)11-5-3-10-4-6-11/h7-8,10,12H,3-6H2,1-2H3/t8-/m0/s1. The molecule has 2 N–H and O–H groups in total. The van der Waals surface area contributed by atoms with Crippen LogP contribution >= 0.6 is 0 Å². The molecule has 13 heavy (non-hydrogen) atoms. The number of carbonyl (C=O) groups is 1. The van der Waals surface area contributed by atoms with Gasteiger partial charge in [-0.25, -0.2) is 0 Å². The summed E-state index contributed by atoms with van der Waals surface area (Å²) in [4.78, 5) is 13.3. The van der Waals surface area contributed by atoms with Crippen LogP contribution in [0, 0.1) is 5.92 Å². The van der Waals surface area contributed by atoms with Gasteiger partial charge in [-0.05, 0) is 5.92 Å². The van der Waals surface area contributed by atoms with E-state index in [1.807, 2.05) is 13.8 Å². The Kier molecular flexibility index (Phi) is 3.69. The van der Waals surface area contributed by atoms with E-state index in [0.29, 0.717) is 13.1 Å². The van der Waals surface area contributed by atoms with E-state index in [0.717, 1.165) is 13.1 Å². The van der Waals surface area contributed by atoms with Gasteiger partial charge in [0.25, 0.3) is 5.91 Å². The fraction of sp³-hybridized carbons (Fsp3) is 0.889. The lowest BCUT2D eigenvalue weighted by Crippen LogP contribution is -2.50. The fourth-order valence-electron chi connectivity index (χ4n) is 1.36. The largest absolute Gasteiger partial charge is 0.383 e. The highest BCUT2D eigenvalue weighted by molar-refractivity contribution is 5.81. The summed E-state index contributed by atoms with van der Waals surface area (Å²) < 4.78 is 0. The Labute approximate surface area is 78.9 Å². The van der Waals surface area contributed by atoms with Crippen molar-refractivity contribution >= 4 is 5.91 Å². The van der Waals surface area contributed by atoms with Gasteiger partial charge in [-0.2, -0.15) is 0 Å². The first-order valence-electron chi connectivity index (χ1n) is 4.80. The third-order valence-corrected chi connectivity index (χ3v) is 2.31. The number of rotatable bonds is 2. The third-order valence-electron chi connectivity index (χ3n) is 2.31. The number of amides is 1. The molecule has 4 heteroatoms. The lowest BCUT2D eigenvalue weighted by Gasteiger charge is -2.30. The van der Waals surface area contributed by atoms with E-state index in [2.05, 4.69) is 5.32 Å². The highest BCUT2D eigenvalue weighted by Gasteiger charge is 2.25. The van der Waals surface area contributed by atoms with Gasteiger partial charge >= 0.3 is 0 Å². The normalized spacial score (nSPS) is 20.5. The molecule has 0 spiro atoms. The monoisotopic (exact) mass is 186 g/mol. The zero-order valence-corrected chi connectivity index (χ0v) is 8.29. The van der Waals surface area contributed by atoms with Crippen molar-refractivity contribution in [1.82, 2.24) is 10.2 Å². The summed E-state index contributed by atoms with van der Waals surface area (Å²) in [5, 5.41) is 12.7. The van der Waals surface area contributed by atoms with Crippen LogP contribution in [-0.2, 0) is 4.79 Å². The van der Waals surface area contributed by atoms with Crippen LogP contribution in [0.5, 0.6) is 0 Å². The highest BCUT2D eigenvalue weighted by atomic mass is 16.3. The van der Waals surface area contributed by atoms with E-state index in [4.69, 9.17) is 0 Å². The molecular formula is C9H18N2O2. The summed E-state index contributed by atoms with van der Waals surface area (Å²) >= 11 is 0. The minimum atomic E-state index is -0.835. The molecule has 0 aliphatic carbocycles. The molecule has 1 atom stereocenters. The van der Waals surface area contributed by atoms with Crippen molar-refractivity contribution in [3.05, 3.63) is 0 Å². The second-order valence-corrected chi connectivity index (χ2v) is 3.76. The Morgan fingerprint density at radius 3 is 2.38 bits per heavy atom. The van der Waals surface area contributed by atoms with Crippen LogP contribution in [0.25, 0.3) is 0 Å². The average molecular weight is 186 g/mol. The van der Waals surface area contributed by atoms with Crippen molar-refractivity contribution in [1.29, 1.82) is 0 Å². The molecule has 0 saturated carbocycles. The van der Waals surface area contributed by atoms with Gasteiger partial charge in [0.1, 0.15) is 6.10 Å². The van der Waals surface area contributed by atoms with Gasteiger partial charge in [0.2, 0.25) is 0 Å². The van der Waals surface area contributed by atoms with Crippen LogP contribution in [0.3, 0.4) is 0 Å². The molecule has 1 aliphatic heterocycles. The average Bonchev–Trinajstić information content (AvgIpc) is 2.17. The first kappa shape index (κ1) is 10.5. The molecule has 0 radical (unpaired) electrons. The Bertz CT molecular complexity index is 176. The molecule has 4 nitrogen and oxygen atoms in total. The second-order valence-electron chi connectivity index (χ2n) is 3.76. The lowest BCUT2D eigenvalue weighted by atomic mass is 10.1. The zero-order chi connectivity index (χ0) is 9.84. The Hall–Kier alpha value is -0.610. The zero-order valence-electron chi connectivity index (χ0n) is 8.29. The van der Waals surface area contributed by atoms with Crippen LogP contribution in [0.15, 0.2) is 0 Å². The molecule has 1 heterocycles. The third kappa shape index (κ3) is 2.67. The van der Waals surface area contributed by atoms with Gasteiger partial charge in [-0.3, -0.25) is 4.79 Å². The topological polar surface area (TPSA) is 52.6 Å². The quantitative estimate of drug-likeness (QED) is 0.607. The highest BCUT2D eigenvalue weighted by Crippen LogP contribution is 2.06. The molecule has 1 amide bonds. The van der Waals surface area contributed by atoms with Crippen LogP contribution < -0.4 is 5.32 Å². The van der Waals surface area contributed by atoms with E-state index in [1.165, 1.54) is 0 Å². The SMILES string of the molecule is CC(C)[C@H](O)C(=O)N1CCNCC1. The molecule has 0 bridgehead atoms. The van der Waals surface area contributed by atoms with Crippen molar-refractivity contribution in [2.45, 2.75) is 20.0 Å². The summed E-state index contributed by atoms with van der Waals surface area (Å²) in [6.45, 7) is 6.79. The van der Waals surface area contributed by atoms with Crippen LogP contribution in [0.2, 0.25) is 0 Å². The number of hydrogen-bond acceptors (Lipinski definition) is 3. The molecule has 76 valence electrons. The molecule has 0 unspecified atom stereocenters.